The van der Waals surface area contributed by atoms with Crippen LogP contribution < -0.4 is 5.32 Å². The van der Waals surface area contributed by atoms with Gasteiger partial charge in [-0.1, -0.05) is 91.3 Å². The molecule has 0 aliphatic carbocycles. The Morgan fingerprint density at radius 3 is 2.21 bits per heavy atom. The van der Waals surface area contributed by atoms with Crippen LogP contribution in [0.5, 0.6) is 0 Å². The molecule has 0 bridgehead atoms. The lowest BCUT2D eigenvalue weighted by atomic mass is 10.00. The van der Waals surface area contributed by atoms with Crippen LogP contribution in [-0.4, -0.2) is 29.3 Å². The second kappa shape index (κ2) is 12.2. The summed E-state index contributed by atoms with van der Waals surface area (Å²) in [5.41, 5.74) is 3.83. The molecule has 33 heavy (non-hydrogen) atoms. The summed E-state index contributed by atoms with van der Waals surface area (Å²) in [4.78, 5) is 28.7. The van der Waals surface area contributed by atoms with Crippen molar-refractivity contribution in [2.45, 2.75) is 45.7 Å². The van der Waals surface area contributed by atoms with Crippen LogP contribution in [0.1, 0.15) is 35.6 Å². The van der Waals surface area contributed by atoms with Crippen molar-refractivity contribution in [3.05, 3.63) is 106 Å². The zero-order chi connectivity index (χ0) is 23.6. The maximum Gasteiger partial charge on any atom is 0.243 e. The van der Waals surface area contributed by atoms with E-state index in [9.17, 15) is 9.59 Å². The SMILES string of the molecule is CCCNC(=O)[C@@H](Cc1ccccc1)N(Cc1ccccc1Cl)C(=O)Cc1ccccc1C. The average Bonchev–Trinajstić information content (AvgIpc) is 2.83. The Kier molecular flexibility index (Phi) is 9.08. The Balaban J connectivity index is 1.97. The molecule has 0 aromatic heterocycles. The minimum absolute atomic E-state index is 0.100. The maximum atomic E-state index is 13.7. The second-order valence-electron chi connectivity index (χ2n) is 8.21. The van der Waals surface area contributed by atoms with E-state index in [4.69, 9.17) is 11.6 Å². The van der Waals surface area contributed by atoms with Gasteiger partial charge in [-0.25, -0.2) is 0 Å². The Labute approximate surface area is 201 Å². The highest BCUT2D eigenvalue weighted by molar-refractivity contribution is 6.31. The van der Waals surface area contributed by atoms with E-state index in [0.717, 1.165) is 28.7 Å². The third kappa shape index (κ3) is 6.93. The van der Waals surface area contributed by atoms with Gasteiger partial charge in [-0.3, -0.25) is 9.59 Å². The number of hydrogen-bond acceptors (Lipinski definition) is 2. The molecule has 0 fully saturated rings. The summed E-state index contributed by atoms with van der Waals surface area (Å²) in [6, 6.07) is 24.5. The number of halogens is 1. The van der Waals surface area contributed by atoms with E-state index in [0.29, 0.717) is 18.0 Å². The summed E-state index contributed by atoms with van der Waals surface area (Å²) >= 11 is 6.45. The molecule has 5 heteroatoms. The smallest absolute Gasteiger partial charge is 0.243 e. The van der Waals surface area contributed by atoms with E-state index < -0.39 is 6.04 Å². The van der Waals surface area contributed by atoms with E-state index in [1.807, 2.05) is 92.7 Å². The summed E-state index contributed by atoms with van der Waals surface area (Å²) in [5.74, 6) is -0.248. The van der Waals surface area contributed by atoms with Crippen LogP contribution in [0, 0.1) is 6.92 Å². The number of nitrogens with one attached hydrogen (secondary N) is 1. The number of rotatable bonds is 10. The van der Waals surface area contributed by atoms with Crippen molar-refractivity contribution in [2.24, 2.45) is 0 Å². The van der Waals surface area contributed by atoms with Gasteiger partial charge in [-0.05, 0) is 41.7 Å². The summed E-state index contributed by atoms with van der Waals surface area (Å²) in [6.45, 7) is 4.84. The standard InChI is InChI=1S/C28H31ClN2O2/c1-3-17-30-28(33)26(18-22-12-5-4-6-13-22)31(20-24-15-9-10-16-25(24)29)27(32)19-23-14-8-7-11-21(23)2/h4-16,26H,3,17-20H2,1-2H3,(H,30,33)/t26-/m1/s1. The molecule has 0 unspecified atom stereocenters. The summed E-state index contributed by atoms with van der Waals surface area (Å²) in [6.07, 6.45) is 1.48. The fourth-order valence-corrected chi connectivity index (χ4v) is 4.00. The molecule has 0 radical (unpaired) electrons. The third-order valence-electron chi connectivity index (χ3n) is 5.72. The minimum Gasteiger partial charge on any atom is -0.354 e. The summed E-state index contributed by atoms with van der Waals surface area (Å²) < 4.78 is 0. The number of amides is 2. The number of aryl methyl sites for hydroxylation is 1. The van der Waals surface area contributed by atoms with E-state index >= 15 is 0 Å². The molecule has 0 saturated carbocycles. The number of nitrogens with zero attached hydrogens (tertiary/aromatic N) is 1. The van der Waals surface area contributed by atoms with Gasteiger partial charge in [0.1, 0.15) is 6.04 Å². The highest BCUT2D eigenvalue weighted by Gasteiger charge is 2.30. The zero-order valence-corrected chi connectivity index (χ0v) is 20.0. The van der Waals surface area contributed by atoms with Crippen molar-refractivity contribution < 1.29 is 9.59 Å². The van der Waals surface area contributed by atoms with Crippen molar-refractivity contribution in [3.8, 4) is 0 Å². The minimum atomic E-state index is -0.647. The molecule has 2 amide bonds. The van der Waals surface area contributed by atoms with Crippen LogP contribution in [0.4, 0.5) is 0 Å². The molecular weight excluding hydrogens is 432 g/mol. The summed E-state index contributed by atoms with van der Waals surface area (Å²) in [7, 11) is 0. The Hall–Kier alpha value is -3.11. The number of hydrogen-bond donors (Lipinski definition) is 1. The van der Waals surface area contributed by atoms with Crippen molar-refractivity contribution in [3.63, 3.8) is 0 Å². The molecule has 3 aromatic carbocycles. The van der Waals surface area contributed by atoms with Crippen LogP contribution >= 0.6 is 11.6 Å². The van der Waals surface area contributed by atoms with Crippen LogP contribution in [0.2, 0.25) is 5.02 Å². The van der Waals surface area contributed by atoms with Gasteiger partial charge in [0.2, 0.25) is 11.8 Å². The lowest BCUT2D eigenvalue weighted by Crippen LogP contribution is -2.51. The monoisotopic (exact) mass is 462 g/mol. The first-order valence-corrected chi connectivity index (χ1v) is 11.8. The molecule has 172 valence electrons. The molecule has 1 atom stereocenters. The van der Waals surface area contributed by atoms with Crippen molar-refractivity contribution in [2.75, 3.05) is 6.54 Å². The van der Waals surface area contributed by atoms with Gasteiger partial charge in [0, 0.05) is 24.5 Å². The molecule has 0 aliphatic rings. The Morgan fingerprint density at radius 2 is 1.55 bits per heavy atom. The quantitative estimate of drug-likeness (QED) is 0.441. The van der Waals surface area contributed by atoms with Gasteiger partial charge < -0.3 is 10.2 Å². The van der Waals surface area contributed by atoms with Crippen LogP contribution in [-0.2, 0) is 29.0 Å². The lowest BCUT2D eigenvalue weighted by molar-refractivity contribution is -0.140. The highest BCUT2D eigenvalue weighted by atomic mass is 35.5. The molecule has 4 nitrogen and oxygen atoms in total. The Bertz CT molecular complexity index is 1070. The third-order valence-corrected chi connectivity index (χ3v) is 6.09. The Morgan fingerprint density at radius 1 is 0.909 bits per heavy atom. The lowest BCUT2D eigenvalue weighted by Gasteiger charge is -2.32. The summed E-state index contributed by atoms with van der Waals surface area (Å²) in [5, 5.41) is 3.58. The van der Waals surface area contributed by atoms with Gasteiger partial charge in [0.25, 0.3) is 0 Å². The molecular formula is C28H31ClN2O2. The van der Waals surface area contributed by atoms with E-state index in [-0.39, 0.29) is 24.8 Å². The van der Waals surface area contributed by atoms with Gasteiger partial charge >= 0.3 is 0 Å². The van der Waals surface area contributed by atoms with E-state index in [1.54, 1.807) is 4.90 Å². The first-order chi connectivity index (χ1) is 16.0. The van der Waals surface area contributed by atoms with E-state index in [2.05, 4.69) is 5.32 Å². The van der Waals surface area contributed by atoms with Gasteiger partial charge in [0.05, 0.1) is 6.42 Å². The number of benzene rings is 3. The molecule has 3 rings (SSSR count). The highest BCUT2D eigenvalue weighted by Crippen LogP contribution is 2.22. The fraction of sp³-hybridized carbons (Fsp3) is 0.286. The molecule has 3 aromatic rings. The van der Waals surface area contributed by atoms with Gasteiger partial charge in [-0.15, -0.1) is 0 Å². The van der Waals surface area contributed by atoms with Gasteiger partial charge in [0.15, 0.2) is 0 Å². The fourth-order valence-electron chi connectivity index (χ4n) is 3.80. The second-order valence-corrected chi connectivity index (χ2v) is 8.62. The first-order valence-electron chi connectivity index (χ1n) is 11.4. The normalized spacial score (nSPS) is 11.6. The van der Waals surface area contributed by atoms with Crippen molar-refractivity contribution in [1.29, 1.82) is 0 Å². The molecule has 0 aliphatic heterocycles. The van der Waals surface area contributed by atoms with Gasteiger partial charge in [-0.2, -0.15) is 0 Å². The first kappa shape index (κ1) is 24.5. The molecule has 0 heterocycles. The van der Waals surface area contributed by atoms with E-state index in [1.165, 1.54) is 0 Å². The number of carbonyl (C=O) groups excluding carboxylic acids is 2. The predicted molar refractivity (Wildman–Crippen MR) is 134 cm³/mol. The zero-order valence-electron chi connectivity index (χ0n) is 19.3. The van der Waals surface area contributed by atoms with Crippen LogP contribution in [0.15, 0.2) is 78.9 Å². The topological polar surface area (TPSA) is 49.4 Å². The molecule has 0 spiro atoms. The maximum absolute atomic E-state index is 13.7. The van der Waals surface area contributed by atoms with Crippen LogP contribution in [0.25, 0.3) is 0 Å². The van der Waals surface area contributed by atoms with Crippen LogP contribution in [0.3, 0.4) is 0 Å². The largest absolute Gasteiger partial charge is 0.354 e. The number of carbonyl (C=O) groups is 2. The average molecular weight is 463 g/mol. The molecule has 0 saturated heterocycles. The predicted octanol–water partition coefficient (Wildman–Crippen LogP) is 5.36. The van der Waals surface area contributed by atoms with Crippen molar-refractivity contribution in [1.82, 2.24) is 10.2 Å². The van der Waals surface area contributed by atoms with Crippen molar-refractivity contribution >= 4 is 23.4 Å². The molecule has 1 N–H and O–H groups in total.